The van der Waals surface area contributed by atoms with E-state index in [2.05, 4.69) is 10.3 Å². The number of halogens is 1. The Morgan fingerprint density at radius 1 is 1.23 bits per heavy atom. The Kier molecular flexibility index (Phi) is 6.29. The molecule has 0 aliphatic carbocycles. The van der Waals surface area contributed by atoms with Gasteiger partial charge in [0.05, 0.1) is 30.6 Å². The second-order valence-corrected chi connectivity index (χ2v) is 7.33. The van der Waals surface area contributed by atoms with Crippen molar-refractivity contribution in [2.75, 3.05) is 19.0 Å². The maximum Gasteiger partial charge on any atom is 0.313 e. The van der Waals surface area contributed by atoms with Crippen LogP contribution in [0.5, 0.6) is 5.75 Å². The summed E-state index contributed by atoms with van der Waals surface area (Å²) in [6, 6.07) is 5.40. The Bertz CT molecular complexity index is 981. The number of primary amides is 1. The lowest BCUT2D eigenvalue weighted by molar-refractivity contribution is -0.146. The van der Waals surface area contributed by atoms with E-state index >= 15 is 0 Å². The molecule has 2 atom stereocenters. The standard InChI is InChI=1S/C21H23FN4O4/c1-12-3-6-17(13-4-5-16(22)18(8-13)30-2)26(11-12)21(29)20(28)25-15-7-14(19(23)27)9-24-10-15/h4-5,7-10,12,17H,3,6,11H2,1-2H3,(H2,23,27)(H,25,28)/t12-,17+/m0/s1. The fourth-order valence-corrected chi connectivity index (χ4v) is 3.57. The molecule has 9 heteroatoms. The number of likely N-dealkylation sites (tertiary alicyclic amines) is 1. The summed E-state index contributed by atoms with van der Waals surface area (Å²) in [6.07, 6.45) is 4.08. The molecule has 3 amide bonds. The zero-order valence-corrected chi connectivity index (χ0v) is 16.7. The van der Waals surface area contributed by atoms with Crippen LogP contribution in [0.1, 0.15) is 41.7 Å². The van der Waals surface area contributed by atoms with Crippen molar-refractivity contribution < 1.29 is 23.5 Å². The lowest BCUT2D eigenvalue weighted by Gasteiger charge is -2.38. The van der Waals surface area contributed by atoms with Crippen LogP contribution in [0.2, 0.25) is 0 Å². The smallest absolute Gasteiger partial charge is 0.313 e. The van der Waals surface area contributed by atoms with Crippen LogP contribution in [0.15, 0.2) is 36.7 Å². The number of hydrogen-bond donors (Lipinski definition) is 2. The number of ether oxygens (including phenoxy) is 1. The molecule has 158 valence electrons. The number of amides is 3. The minimum atomic E-state index is -0.855. The van der Waals surface area contributed by atoms with Crippen LogP contribution in [0.3, 0.4) is 0 Å². The van der Waals surface area contributed by atoms with Crippen molar-refractivity contribution in [2.45, 2.75) is 25.8 Å². The lowest BCUT2D eigenvalue weighted by Crippen LogP contribution is -2.46. The Balaban J connectivity index is 1.83. The van der Waals surface area contributed by atoms with Gasteiger partial charge < -0.3 is 20.7 Å². The predicted octanol–water partition coefficient (Wildman–Crippen LogP) is 2.27. The van der Waals surface area contributed by atoms with Crippen molar-refractivity contribution in [3.63, 3.8) is 0 Å². The zero-order valence-electron chi connectivity index (χ0n) is 16.7. The van der Waals surface area contributed by atoms with Crippen LogP contribution in [-0.4, -0.2) is 41.3 Å². The number of rotatable bonds is 4. The number of carbonyl (C=O) groups is 3. The molecule has 3 rings (SSSR count). The van der Waals surface area contributed by atoms with Gasteiger partial charge in [0.15, 0.2) is 11.6 Å². The van der Waals surface area contributed by atoms with E-state index in [-0.39, 0.29) is 29.0 Å². The minimum absolute atomic E-state index is 0.0808. The molecule has 0 bridgehead atoms. The van der Waals surface area contributed by atoms with Crippen molar-refractivity contribution in [3.05, 3.63) is 53.6 Å². The third-order valence-corrected chi connectivity index (χ3v) is 5.11. The molecule has 8 nitrogen and oxygen atoms in total. The van der Waals surface area contributed by atoms with Crippen LogP contribution in [0.4, 0.5) is 10.1 Å². The maximum atomic E-state index is 13.8. The summed E-state index contributed by atoms with van der Waals surface area (Å²) in [6.45, 7) is 2.39. The van der Waals surface area contributed by atoms with E-state index in [4.69, 9.17) is 10.5 Å². The largest absolute Gasteiger partial charge is 0.494 e. The highest BCUT2D eigenvalue weighted by molar-refractivity contribution is 6.39. The summed E-state index contributed by atoms with van der Waals surface area (Å²) in [5.74, 6) is -2.48. The molecule has 0 saturated carbocycles. The molecule has 2 heterocycles. The molecule has 30 heavy (non-hydrogen) atoms. The summed E-state index contributed by atoms with van der Waals surface area (Å²) in [4.78, 5) is 42.2. The first-order valence-corrected chi connectivity index (χ1v) is 9.50. The van der Waals surface area contributed by atoms with Crippen LogP contribution < -0.4 is 15.8 Å². The third-order valence-electron chi connectivity index (χ3n) is 5.11. The van der Waals surface area contributed by atoms with Gasteiger partial charge in [0, 0.05) is 12.7 Å². The number of methoxy groups -OCH3 is 1. The van der Waals surface area contributed by atoms with Crippen molar-refractivity contribution in [1.29, 1.82) is 0 Å². The molecule has 2 aromatic rings. The van der Waals surface area contributed by atoms with Crippen molar-refractivity contribution >= 4 is 23.4 Å². The van der Waals surface area contributed by atoms with Crippen molar-refractivity contribution in [1.82, 2.24) is 9.88 Å². The zero-order chi connectivity index (χ0) is 21.8. The molecule has 0 unspecified atom stereocenters. The quantitative estimate of drug-likeness (QED) is 0.745. The molecule has 1 aromatic carbocycles. The average molecular weight is 414 g/mol. The van der Waals surface area contributed by atoms with Gasteiger partial charge in [0.2, 0.25) is 5.91 Å². The van der Waals surface area contributed by atoms with Gasteiger partial charge in [-0.15, -0.1) is 0 Å². The minimum Gasteiger partial charge on any atom is -0.494 e. The summed E-state index contributed by atoms with van der Waals surface area (Å²) < 4.78 is 18.9. The summed E-state index contributed by atoms with van der Waals surface area (Å²) in [5, 5.41) is 2.47. The number of carbonyl (C=O) groups excluding carboxylic acids is 3. The van der Waals surface area contributed by atoms with E-state index < -0.39 is 23.5 Å². The first-order valence-electron chi connectivity index (χ1n) is 9.50. The first kappa shape index (κ1) is 21.2. The number of benzene rings is 1. The number of nitrogens with two attached hydrogens (primary N) is 1. The number of pyridine rings is 1. The number of nitrogens with one attached hydrogen (secondary N) is 1. The normalized spacial score (nSPS) is 18.6. The van der Waals surface area contributed by atoms with Gasteiger partial charge in [-0.3, -0.25) is 19.4 Å². The van der Waals surface area contributed by atoms with Gasteiger partial charge in [-0.1, -0.05) is 13.0 Å². The van der Waals surface area contributed by atoms with Gasteiger partial charge in [0.1, 0.15) is 0 Å². The molecule has 1 aromatic heterocycles. The van der Waals surface area contributed by atoms with Crippen LogP contribution in [-0.2, 0) is 9.59 Å². The predicted molar refractivity (Wildman–Crippen MR) is 107 cm³/mol. The number of piperidine rings is 1. The van der Waals surface area contributed by atoms with Gasteiger partial charge in [-0.2, -0.15) is 0 Å². The Labute approximate surface area is 173 Å². The number of nitrogens with zero attached hydrogens (tertiary/aromatic N) is 2. The molecular formula is C21H23FN4O4. The topological polar surface area (TPSA) is 115 Å². The Morgan fingerprint density at radius 2 is 2.00 bits per heavy atom. The summed E-state index contributed by atoms with van der Waals surface area (Å²) in [7, 11) is 1.37. The van der Waals surface area contributed by atoms with E-state index in [0.29, 0.717) is 18.5 Å². The van der Waals surface area contributed by atoms with Gasteiger partial charge >= 0.3 is 11.8 Å². The highest BCUT2D eigenvalue weighted by Crippen LogP contribution is 2.35. The van der Waals surface area contributed by atoms with E-state index in [1.807, 2.05) is 6.92 Å². The van der Waals surface area contributed by atoms with Crippen LogP contribution >= 0.6 is 0 Å². The Hall–Kier alpha value is -3.49. The van der Waals surface area contributed by atoms with E-state index in [9.17, 15) is 18.8 Å². The summed E-state index contributed by atoms with van der Waals surface area (Å²) in [5.41, 5.74) is 6.22. The monoisotopic (exact) mass is 414 g/mol. The Morgan fingerprint density at radius 3 is 2.70 bits per heavy atom. The molecule has 0 spiro atoms. The van der Waals surface area contributed by atoms with Gasteiger partial charge in [-0.25, -0.2) is 4.39 Å². The molecule has 1 aliphatic heterocycles. The summed E-state index contributed by atoms with van der Waals surface area (Å²) >= 11 is 0. The second-order valence-electron chi connectivity index (χ2n) is 7.33. The number of anilines is 1. The van der Waals surface area contributed by atoms with E-state index in [0.717, 1.165) is 6.42 Å². The molecule has 1 saturated heterocycles. The number of hydrogen-bond acceptors (Lipinski definition) is 5. The average Bonchev–Trinajstić information content (AvgIpc) is 2.73. The second kappa shape index (κ2) is 8.89. The molecule has 1 aliphatic rings. The highest BCUT2D eigenvalue weighted by Gasteiger charge is 2.34. The first-order chi connectivity index (χ1) is 14.3. The van der Waals surface area contributed by atoms with Gasteiger partial charge in [0.25, 0.3) is 0 Å². The van der Waals surface area contributed by atoms with E-state index in [1.165, 1.54) is 36.5 Å². The fourth-order valence-electron chi connectivity index (χ4n) is 3.57. The molecule has 3 N–H and O–H groups in total. The number of aromatic nitrogens is 1. The van der Waals surface area contributed by atoms with Crippen molar-refractivity contribution in [2.24, 2.45) is 11.7 Å². The SMILES string of the molecule is COc1cc([C@H]2CC[C@H](C)CN2C(=O)C(=O)Nc2cncc(C(N)=O)c2)ccc1F. The highest BCUT2D eigenvalue weighted by atomic mass is 19.1. The maximum absolute atomic E-state index is 13.8. The molecule has 1 fully saturated rings. The third kappa shape index (κ3) is 4.56. The fraction of sp³-hybridized carbons (Fsp3) is 0.333. The van der Waals surface area contributed by atoms with Crippen LogP contribution in [0.25, 0.3) is 0 Å². The van der Waals surface area contributed by atoms with E-state index in [1.54, 1.807) is 12.1 Å². The molecule has 0 radical (unpaired) electrons. The van der Waals surface area contributed by atoms with Crippen LogP contribution in [0, 0.1) is 11.7 Å². The lowest BCUT2D eigenvalue weighted by atomic mass is 9.89. The molecular weight excluding hydrogens is 391 g/mol. The van der Waals surface area contributed by atoms with Gasteiger partial charge in [-0.05, 0) is 42.5 Å². The van der Waals surface area contributed by atoms with Crippen molar-refractivity contribution in [3.8, 4) is 5.75 Å².